The first-order chi connectivity index (χ1) is 9.72. The minimum atomic E-state index is -0.990. The first-order valence-electron chi connectivity index (χ1n) is 6.02. The van der Waals surface area contributed by atoms with Crippen molar-refractivity contribution in [1.82, 2.24) is 5.32 Å². The molecule has 0 aliphatic carbocycles. The molecule has 0 spiro atoms. The number of nitrogens with one attached hydrogen (secondary N) is 1. The van der Waals surface area contributed by atoms with Gasteiger partial charge in [-0.2, -0.15) is 0 Å². The van der Waals surface area contributed by atoms with Gasteiger partial charge in [-0.1, -0.05) is 34.8 Å². The van der Waals surface area contributed by atoms with Crippen molar-refractivity contribution in [2.24, 2.45) is 5.92 Å². The molecule has 1 aromatic carbocycles. The van der Waals surface area contributed by atoms with Gasteiger partial charge in [0.1, 0.15) is 5.75 Å². The third-order valence-corrected chi connectivity index (χ3v) is 3.88. The summed E-state index contributed by atoms with van der Waals surface area (Å²) in [7, 11) is 0. The molecule has 1 amide bonds. The largest absolute Gasteiger partial charge is 0.482 e. The second kappa shape index (κ2) is 7.73. The Morgan fingerprint density at radius 3 is 2.33 bits per heavy atom. The fourth-order valence-corrected chi connectivity index (χ4v) is 1.98. The minimum Gasteiger partial charge on any atom is -0.482 e. The first kappa shape index (κ1) is 17.9. The zero-order chi connectivity index (χ0) is 16.2. The number of amides is 1. The summed E-state index contributed by atoms with van der Waals surface area (Å²) in [4.78, 5) is 22.5. The van der Waals surface area contributed by atoms with Crippen molar-refractivity contribution in [3.8, 4) is 5.75 Å². The van der Waals surface area contributed by atoms with Gasteiger partial charge in [0, 0.05) is 12.1 Å². The van der Waals surface area contributed by atoms with Crippen LogP contribution >= 0.6 is 34.8 Å². The molecule has 0 aromatic heterocycles. The number of carboxylic acids is 1. The molecule has 0 heterocycles. The fourth-order valence-electron chi connectivity index (χ4n) is 1.39. The third kappa shape index (κ3) is 5.26. The Hall–Kier alpha value is -1.17. The summed E-state index contributed by atoms with van der Waals surface area (Å²) in [5.74, 6) is -1.93. The van der Waals surface area contributed by atoms with Crippen molar-refractivity contribution in [2.45, 2.75) is 19.9 Å². The van der Waals surface area contributed by atoms with Gasteiger partial charge < -0.3 is 15.2 Å². The van der Waals surface area contributed by atoms with Gasteiger partial charge in [0.15, 0.2) is 6.61 Å². The molecule has 1 rings (SSSR count). The van der Waals surface area contributed by atoms with E-state index in [1.807, 2.05) is 0 Å². The van der Waals surface area contributed by atoms with Crippen molar-refractivity contribution >= 4 is 46.7 Å². The molecule has 21 heavy (non-hydrogen) atoms. The maximum absolute atomic E-state index is 11.7. The van der Waals surface area contributed by atoms with Crippen LogP contribution in [0.25, 0.3) is 0 Å². The van der Waals surface area contributed by atoms with Crippen LogP contribution in [-0.2, 0) is 9.59 Å². The van der Waals surface area contributed by atoms with Crippen molar-refractivity contribution < 1.29 is 19.4 Å². The number of rotatable bonds is 6. The highest BCUT2D eigenvalue weighted by Gasteiger charge is 2.21. The normalized spacial score (nSPS) is 13.4. The summed E-state index contributed by atoms with van der Waals surface area (Å²) < 4.78 is 5.24. The molecule has 2 unspecified atom stereocenters. The highest BCUT2D eigenvalue weighted by Crippen LogP contribution is 2.33. The Labute approximate surface area is 137 Å². The molecule has 8 heteroatoms. The number of hydrogen-bond donors (Lipinski definition) is 2. The van der Waals surface area contributed by atoms with E-state index >= 15 is 0 Å². The summed E-state index contributed by atoms with van der Waals surface area (Å²) in [5.41, 5.74) is 0. The van der Waals surface area contributed by atoms with Crippen molar-refractivity contribution in [1.29, 1.82) is 0 Å². The summed E-state index contributed by atoms with van der Waals surface area (Å²) in [6.07, 6.45) is 0. The highest BCUT2D eigenvalue weighted by molar-refractivity contribution is 6.43. The van der Waals surface area contributed by atoms with Crippen LogP contribution in [0.15, 0.2) is 12.1 Å². The van der Waals surface area contributed by atoms with E-state index < -0.39 is 23.8 Å². The molecular formula is C13H14Cl3NO4. The number of ether oxygens (including phenoxy) is 1. The summed E-state index contributed by atoms with van der Waals surface area (Å²) >= 11 is 17.5. The number of carboxylic acid groups (broad SMARTS) is 1. The molecule has 0 bridgehead atoms. The molecule has 0 aliphatic heterocycles. The van der Waals surface area contributed by atoms with Gasteiger partial charge in [0.05, 0.1) is 21.0 Å². The predicted molar refractivity (Wildman–Crippen MR) is 81.4 cm³/mol. The maximum atomic E-state index is 11.7. The zero-order valence-corrected chi connectivity index (χ0v) is 13.6. The molecule has 1 aromatic rings. The molecule has 5 nitrogen and oxygen atoms in total. The quantitative estimate of drug-likeness (QED) is 0.769. The topological polar surface area (TPSA) is 75.6 Å². The van der Waals surface area contributed by atoms with Gasteiger partial charge in [-0.15, -0.1) is 0 Å². The van der Waals surface area contributed by atoms with Crippen LogP contribution in [0.5, 0.6) is 5.75 Å². The van der Waals surface area contributed by atoms with Gasteiger partial charge in [-0.05, 0) is 19.9 Å². The van der Waals surface area contributed by atoms with E-state index in [1.165, 1.54) is 19.1 Å². The lowest BCUT2D eigenvalue weighted by Gasteiger charge is -2.18. The summed E-state index contributed by atoms with van der Waals surface area (Å²) in [6.45, 7) is 2.79. The maximum Gasteiger partial charge on any atom is 0.308 e. The van der Waals surface area contributed by atoms with Crippen molar-refractivity contribution in [2.75, 3.05) is 6.61 Å². The van der Waals surface area contributed by atoms with Crippen LogP contribution in [0.4, 0.5) is 0 Å². The molecule has 2 N–H and O–H groups in total. The Morgan fingerprint density at radius 2 is 1.76 bits per heavy atom. The van der Waals surface area contributed by atoms with Gasteiger partial charge >= 0.3 is 5.97 Å². The lowest BCUT2D eigenvalue weighted by molar-refractivity contribution is -0.142. The SMILES string of the molecule is CC(NC(=O)COc1cc(Cl)c(Cl)cc1Cl)C(C)C(=O)O. The molecule has 2 atom stereocenters. The van der Waals surface area contributed by atoms with Gasteiger partial charge in [-0.3, -0.25) is 9.59 Å². The van der Waals surface area contributed by atoms with E-state index in [2.05, 4.69) is 5.32 Å². The molecule has 0 saturated heterocycles. The van der Waals surface area contributed by atoms with Gasteiger partial charge in [0.25, 0.3) is 5.91 Å². The van der Waals surface area contributed by atoms with E-state index in [0.29, 0.717) is 0 Å². The van der Waals surface area contributed by atoms with E-state index in [1.54, 1.807) is 6.92 Å². The average molecular weight is 355 g/mol. The second-order valence-electron chi connectivity index (χ2n) is 4.47. The molecular weight excluding hydrogens is 341 g/mol. The van der Waals surface area contributed by atoms with Crippen molar-refractivity contribution in [3.05, 3.63) is 27.2 Å². The average Bonchev–Trinajstić information content (AvgIpc) is 2.40. The smallest absolute Gasteiger partial charge is 0.308 e. The van der Waals surface area contributed by atoms with E-state index in [9.17, 15) is 9.59 Å². The Balaban J connectivity index is 2.58. The lowest BCUT2D eigenvalue weighted by Crippen LogP contribution is -2.42. The molecule has 0 saturated carbocycles. The Bertz CT molecular complexity index is 550. The van der Waals surface area contributed by atoms with Crippen LogP contribution in [-0.4, -0.2) is 29.6 Å². The number of hydrogen-bond acceptors (Lipinski definition) is 3. The molecule has 0 aliphatic rings. The fraction of sp³-hybridized carbons (Fsp3) is 0.385. The lowest BCUT2D eigenvalue weighted by atomic mass is 10.0. The summed E-state index contributed by atoms with van der Waals surface area (Å²) in [6, 6.07) is 2.29. The molecule has 0 radical (unpaired) electrons. The van der Waals surface area contributed by atoms with Crippen LogP contribution in [0.1, 0.15) is 13.8 Å². The third-order valence-electron chi connectivity index (χ3n) is 2.86. The second-order valence-corrected chi connectivity index (χ2v) is 5.69. The number of benzene rings is 1. The van der Waals surface area contributed by atoms with Crippen LogP contribution in [0.2, 0.25) is 15.1 Å². The standard InChI is InChI=1S/C13H14Cl3NO4/c1-6(13(19)20)7(2)17-12(18)5-21-11-4-9(15)8(14)3-10(11)16/h3-4,6-7H,5H2,1-2H3,(H,17,18)(H,19,20). The van der Waals surface area contributed by atoms with Gasteiger partial charge in [-0.25, -0.2) is 0 Å². The van der Waals surface area contributed by atoms with Crippen LogP contribution < -0.4 is 10.1 Å². The van der Waals surface area contributed by atoms with Crippen molar-refractivity contribution in [3.63, 3.8) is 0 Å². The number of halogens is 3. The molecule has 0 fully saturated rings. The number of carbonyl (C=O) groups is 2. The van der Waals surface area contributed by atoms with Crippen LogP contribution in [0.3, 0.4) is 0 Å². The predicted octanol–water partition coefficient (Wildman–Crippen LogP) is 3.25. The van der Waals surface area contributed by atoms with E-state index in [-0.39, 0.29) is 27.4 Å². The molecule has 116 valence electrons. The monoisotopic (exact) mass is 353 g/mol. The van der Waals surface area contributed by atoms with Crippen LogP contribution in [0, 0.1) is 5.92 Å². The number of carbonyl (C=O) groups excluding carboxylic acids is 1. The zero-order valence-electron chi connectivity index (χ0n) is 11.3. The minimum absolute atomic E-state index is 0.222. The Kier molecular flexibility index (Phi) is 6.58. The van der Waals surface area contributed by atoms with E-state index in [0.717, 1.165) is 0 Å². The first-order valence-corrected chi connectivity index (χ1v) is 7.15. The summed E-state index contributed by atoms with van der Waals surface area (Å²) in [5, 5.41) is 12.1. The Morgan fingerprint density at radius 1 is 1.19 bits per heavy atom. The highest BCUT2D eigenvalue weighted by atomic mass is 35.5. The van der Waals surface area contributed by atoms with Gasteiger partial charge in [0.2, 0.25) is 0 Å². The van der Waals surface area contributed by atoms with E-state index in [4.69, 9.17) is 44.6 Å². The number of aliphatic carboxylic acids is 1.